The number of nitrogens with one attached hydrogen (secondary N) is 3. The maximum absolute atomic E-state index is 14.4. The van der Waals surface area contributed by atoms with Gasteiger partial charge in [-0.25, -0.2) is 38.0 Å². The number of nitrogen functional groups attached to an aromatic ring is 1. The Kier molecular flexibility index (Phi) is 16.8. The molecule has 5 aromatic heterocycles. The summed E-state index contributed by atoms with van der Waals surface area (Å²) in [5.74, 6) is -1.86. The summed E-state index contributed by atoms with van der Waals surface area (Å²) in [7, 11) is -16.6. The molecule has 5 unspecified atom stereocenters. The predicted octanol–water partition coefficient (Wildman–Crippen LogP) is -3.61. The lowest BCUT2D eigenvalue weighted by molar-refractivity contribution is -0.745. The number of hydrogen-bond donors (Lipinski definition) is 11. The average Bonchev–Trinajstić information content (AvgIpc) is 4.19. The number of nitrogens with zero attached hydrogens (tertiary/aromatic N) is 9. The number of ether oxygens (including phenoxy) is 4. The van der Waals surface area contributed by atoms with E-state index in [1.54, 1.807) is 0 Å². The van der Waals surface area contributed by atoms with E-state index in [1.807, 2.05) is 4.98 Å². The number of fused-ring (bicyclic) bond motifs is 2. The van der Waals surface area contributed by atoms with Crippen molar-refractivity contribution in [3.63, 3.8) is 0 Å². The minimum absolute atomic E-state index is 0.00790. The molecule has 16 atom stereocenters. The van der Waals surface area contributed by atoms with Gasteiger partial charge in [0.25, 0.3) is 17.1 Å². The van der Waals surface area contributed by atoms with Gasteiger partial charge in [-0.15, -0.1) is 0 Å². The van der Waals surface area contributed by atoms with E-state index in [2.05, 4.69) is 38.9 Å². The molecule has 8 heterocycles. The predicted molar refractivity (Wildman–Crippen MR) is 253 cm³/mol. The van der Waals surface area contributed by atoms with Gasteiger partial charge in [-0.3, -0.25) is 51.7 Å². The highest BCUT2D eigenvalue weighted by molar-refractivity contribution is 7.66. The third-order valence-electron chi connectivity index (χ3n) is 12.4. The van der Waals surface area contributed by atoms with Crippen molar-refractivity contribution in [1.29, 1.82) is 0 Å². The highest BCUT2D eigenvalue weighted by atomic mass is 31.3. The Morgan fingerprint density at radius 1 is 0.857 bits per heavy atom. The van der Waals surface area contributed by atoms with E-state index in [4.69, 9.17) is 38.3 Å². The Morgan fingerprint density at radius 3 is 2.14 bits per heavy atom. The van der Waals surface area contributed by atoms with Crippen LogP contribution in [0, 0.1) is 5.92 Å². The number of aromatic amines is 2. The lowest BCUT2D eigenvalue weighted by Gasteiger charge is -2.28. The number of aromatic nitrogens is 10. The number of nitrogens with two attached hydrogens (primary N) is 1. The van der Waals surface area contributed by atoms with Gasteiger partial charge >= 0.3 is 42.4 Å². The number of phosphoric acid groups is 3. The highest BCUT2D eigenvalue weighted by Gasteiger charge is 2.58. The second-order valence-corrected chi connectivity index (χ2v) is 24.2. The fourth-order valence-electron chi connectivity index (χ4n) is 8.88. The number of carbonyl (C=O) groups excluding carboxylic acids is 1. The van der Waals surface area contributed by atoms with Crippen molar-refractivity contribution in [2.24, 2.45) is 13.0 Å². The summed E-state index contributed by atoms with van der Waals surface area (Å²) in [4.78, 5) is 115. The van der Waals surface area contributed by atoms with Crippen LogP contribution in [-0.2, 0) is 71.2 Å². The summed E-state index contributed by atoms with van der Waals surface area (Å²) in [6, 6.07) is 0.927. The largest absolute Gasteiger partial charge is 0.490 e. The molecule has 5 aromatic rings. The lowest BCUT2D eigenvalue weighted by atomic mass is 9.94. The van der Waals surface area contributed by atoms with Crippen LogP contribution in [0.1, 0.15) is 25.1 Å². The standard InChI is InChI=1S/C36H51N13O24P4/c1-38-28-21-29(40-12-39-28)48(13-41-21)34-26(65-5)27(74(57,58)66-10-17-24(53)25(54)33(70-17)47-7-6-19(50)42-36(47)56)18(71-34)11-68-76(61,62)73-77(63,64)72-75(59,60)67-9-16-15(8-20(51)45(2)3)23(52)32(69-16)49-14-46(4)22-30(49)43-35(37)44-31(22)55/h6-7,12-18,23-27,32-34,52-54H,8-11H2,1-5H3,(H8-,37,38,39,40,42,43,44,50,55,56,57,58,59,60,61,62,63,64)/p+1/t15-,16-,17-,18-,23-,24-,25-,26-,27-,32?,33-,34-/m1/s1. The number of imidazole rings is 2. The molecule has 3 aliphatic rings. The fourth-order valence-corrected chi connectivity index (χ4v) is 14.1. The van der Waals surface area contributed by atoms with Gasteiger partial charge in [0.2, 0.25) is 17.7 Å². The molecule has 8 rings (SSSR count). The number of H-pyrrole nitrogens is 2. The molecule has 0 aliphatic carbocycles. The summed E-state index contributed by atoms with van der Waals surface area (Å²) in [6.45, 7) is -3.36. The summed E-state index contributed by atoms with van der Waals surface area (Å²) in [6.07, 6.45) is -12.4. The van der Waals surface area contributed by atoms with Crippen LogP contribution in [0.5, 0.6) is 0 Å². The molecule has 37 nitrogen and oxygen atoms in total. The fraction of sp³-hybridized carbons (Fsp3) is 0.583. The monoisotopic (exact) mass is 1170 g/mol. The minimum Gasteiger partial charge on any atom is -0.387 e. The van der Waals surface area contributed by atoms with Crippen LogP contribution in [0.25, 0.3) is 22.3 Å². The van der Waals surface area contributed by atoms with Gasteiger partial charge in [-0.1, -0.05) is 4.98 Å². The first-order valence-electron chi connectivity index (χ1n) is 22.4. The first-order valence-corrected chi connectivity index (χ1v) is 28.5. The number of aliphatic hydroxyl groups excluding tert-OH is 3. The van der Waals surface area contributed by atoms with Crippen LogP contribution in [0.3, 0.4) is 0 Å². The summed E-state index contributed by atoms with van der Waals surface area (Å²) in [5, 5.41) is 35.8. The first kappa shape index (κ1) is 58.1. The van der Waals surface area contributed by atoms with Gasteiger partial charge in [0.1, 0.15) is 54.1 Å². The van der Waals surface area contributed by atoms with Crippen LogP contribution in [0.2, 0.25) is 0 Å². The summed E-state index contributed by atoms with van der Waals surface area (Å²) >= 11 is 0. The molecule has 424 valence electrons. The minimum atomic E-state index is -6.25. The Hall–Kier alpha value is -5.07. The van der Waals surface area contributed by atoms with Gasteiger partial charge in [-0.05, 0) is 0 Å². The topological polar surface area (TPSA) is 504 Å². The van der Waals surface area contributed by atoms with E-state index in [-0.39, 0.29) is 34.1 Å². The van der Waals surface area contributed by atoms with Crippen molar-refractivity contribution in [2.75, 3.05) is 59.1 Å². The quantitative estimate of drug-likeness (QED) is 0.0250. The van der Waals surface area contributed by atoms with E-state index in [0.717, 1.165) is 30.3 Å². The van der Waals surface area contributed by atoms with Crippen molar-refractivity contribution in [3.8, 4) is 0 Å². The first-order chi connectivity index (χ1) is 36.1. The molecule has 77 heavy (non-hydrogen) atoms. The van der Waals surface area contributed by atoms with Crippen molar-refractivity contribution in [3.05, 3.63) is 62.4 Å². The van der Waals surface area contributed by atoms with E-state index < -0.39 is 153 Å². The summed E-state index contributed by atoms with van der Waals surface area (Å²) in [5.41, 5.74) is 1.45. The van der Waals surface area contributed by atoms with Crippen LogP contribution >= 0.6 is 31.1 Å². The third-order valence-corrected chi connectivity index (χ3v) is 18.6. The van der Waals surface area contributed by atoms with E-state index in [1.165, 1.54) is 59.4 Å². The molecule has 3 fully saturated rings. The van der Waals surface area contributed by atoms with Crippen LogP contribution in [0.15, 0.2) is 45.6 Å². The number of methoxy groups -OCH3 is 1. The molecular formula is C36H52N13O24P4+. The number of aryl methyl sites for hydroxylation is 1. The molecule has 3 aliphatic heterocycles. The maximum Gasteiger partial charge on any atom is 0.490 e. The second-order valence-electron chi connectivity index (χ2n) is 17.6. The Balaban J connectivity index is 0.975. The molecule has 12 N–H and O–H groups in total. The molecule has 0 saturated carbocycles. The average molecular weight is 1170 g/mol. The highest BCUT2D eigenvalue weighted by Crippen LogP contribution is 2.68. The lowest BCUT2D eigenvalue weighted by Crippen LogP contribution is -2.45. The molecule has 41 heteroatoms. The normalized spacial score (nSPS) is 29.8. The smallest absolute Gasteiger partial charge is 0.387 e. The zero-order chi connectivity index (χ0) is 56.3. The molecule has 0 spiro atoms. The zero-order valence-corrected chi connectivity index (χ0v) is 44.2. The Bertz CT molecular complexity index is 3410. The number of aliphatic hydroxyl groups is 3. The number of amides is 1. The zero-order valence-electron chi connectivity index (χ0n) is 40.6. The number of phosphoric ester groups is 2. The van der Waals surface area contributed by atoms with Crippen LogP contribution < -0.4 is 32.4 Å². The molecule has 3 saturated heterocycles. The van der Waals surface area contributed by atoms with Crippen molar-refractivity contribution in [2.45, 2.75) is 73.5 Å². The van der Waals surface area contributed by atoms with Gasteiger partial charge in [0, 0.05) is 52.9 Å². The van der Waals surface area contributed by atoms with Gasteiger partial charge in [-0.2, -0.15) is 8.62 Å². The van der Waals surface area contributed by atoms with Crippen molar-refractivity contribution >= 4 is 71.1 Å². The molecular weight excluding hydrogens is 1120 g/mol. The van der Waals surface area contributed by atoms with Crippen molar-refractivity contribution in [1.82, 2.24) is 48.5 Å². The SMILES string of the molecule is CNc1ncnc2c1ncn2[C@@H]1O[C@H](COP(=O)(O)OP(=O)(O)OP(=O)(O)OC[C@H]2OC([n+]3cn(C)c4c(=O)[nH]c(N)nc43)[C@H](O)[C@@H]2CC(=O)N(C)C)[C@@H](P(=O)(O)OC[C@H]2O[C@@H](n3ccc(=O)[nH]c3=O)[C@H](O)[C@@H]2O)[C@H]1OC. The van der Waals surface area contributed by atoms with Gasteiger partial charge in [0.15, 0.2) is 30.2 Å². The van der Waals surface area contributed by atoms with Crippen molar-refractivity contribution < 1.29 is 104 Å². The number of rotatable bonds is 21. The van der Waals surface area contributed by atoms with E-state index >= 15 is 0 Å². The second kappa shape index (κ2) is 22.2. The Labute approximate surface area is 430 Å². The number of carbonyl (C=O) groups is 1. The summed E-state index contributed by atoms with van der Waals surface area (Å²) < 4.78 is 106. The van der Waals surface area contributed by atoms with E-state index in [9.17, 15) is 72.3 Å². The number of hydrogen-bond acceptors (Lipinski definition) is 26. The van der Waals surface area contributed by atoms with Gasteiger partial charge < -0.3 is 74.3 Å². The van der Waals surface area contributed by atoms with E-state index in [0.29, 0.717) is 0 Å². The third kappa shape index (κ3) is 12.1. The molecule has 0 aromatic carbocycles. The maximum atomic E-state index is 14.4. The molecule has 1 amide bonds. The van der Waals surface area contributed by atoms with Crippen LogP contribution in [-0.4, -0.2) is 186 Å². The van der Waals surface area contributed by atoms with Crippen LogP contribution in [0.4, 0.5) is 11.8 Å². The van der Waals surface area contributed by atoms with Gasteiger partial charge in [0.05, 0.1) is 39.3 Å². The molecule has 0 bridgehead atoms. The molecule has 0 radical (unpaired) electrons. The number of anilines is 2. The Morgan fingerprint density at radius 2 is 1.51 bits per heavy atom.